The molecule has 1 heterocycles. The highest BCUT2D eigenvalue weighted by molar-refractivity contribution is 8.00. The number of rotatable bonds is 5. The normalized spacial score (nSPS) is 11.6. The summed E-state index contributed by atoms with van der Waals surface area (Å²) in [5, 5.41) is 12.9. The zero-order chi connectivity index (χ0) is 20.1. The Morgan fingerprint density at radius 1 is 1.11 bits per heavy atom. The van der Waals surface area contributed by atoms with Gasteiger partial charge in [0.25, 0.3) is 0 Å². The molecule has 3 rings (SSSR count). The number of benzene rings is 2. The van der Waals surface area contributed by atoms with Crippen LogP contribution in [0.3, 0.4) is 0 Å². The number of nitrogens with two attached hydrogens (primary N) is 1. The molecule has 28 heavy (non-hydrogen) atoms. The molecule has 0 fully saturated rings. The van der Waals surface area contributed by atoms with E-state index in [1.54, 1.807) is 42.5 Å². The number of thioether (sulfide) groups is 1. The molecule has 0 saturated heterocycles. The monoisotopic (exact) mass is 416 g/mol. The third-order valence-electron chi connectivity index (χ3n) is 3.81. The third-order valence-corrected chi connectivity index (χ3v) is 5.35. The van der Waals surface area contributed by atoms with E-state index in [0.717, 1.165) is 11.8 Å². The lowest BCUT2D eigenvalue weighted by molar-refractivity contribution is -0.119. The molecular weight excluding hydrogens is 400 g/mol. The lowest BCUT2D eigenvalue weighted by Crippen LogP contribution is -2.39. The molecule has 8 nitrogen and oxygen atoms in total. The Bertz CT molecular complexity index is 995. The predicted octanol–water partition coefficient (Wildman–Crippen LogP) is 2.60. The molecule has 3 aromatic rings. The summed E-state index contributed by atoms with van der Waals surface area (Å²) in [5.41, 5.74) is 1.31. The van der Waals surface area contributed by atoms with Gasteiger partial charge in [0.1, 0.15) is 5.25 Å². The van der Waals surface area contributed by atoms with Gasteiger partial charge in [0.05, 0.1) is 5.02 Å². The van der Waals surface area contributed by atoms with E-state index >= 15 is 0 Å². The number of nitrogens with zero attached hydrogens (tertiary/aromatic N) is 3. The largest absolute Gasteiger partial charge is 0.341 e. The van der Waals surface area contributed by atoms with Gasteiger partial charge < -0.3 is 11.2 Å². The maximum absolute atomic E-state index is 12.6. The van der Waals surface area contributed by atoms with Crippen molar-refractivity contribution in [3.8, 4) is 11.4 Å². The van der Waals surface area contributed by atoms with E-state index in [4.69, 9.17) is 17.4 Å². The van der Waals surface area contributed by atoms with Crippen LogP contribution in [-0.2, 0) is 4.79 Å². The predicted molar refractivity (Wildman–Crippen MR) is 108 cm³/mol. The molecule has 3 amide bonds. The molecule has 1 atom stereocenters. The topological polar surface area (TPSA) is 115 Å². The molecule has 0 spiro atoms. The Labute approximate surface area is 170 Å². The SMILES string of the molecule is CNC(=O)NC(=O)[C@H](Sc1nnc(-c2ccccc2Cl)n1N)c1ccccc1. The second-order valence-corrected chi connectivity index (χ2v) is 7.11. The fraction of sp³-hybridized carbons (Fsp3) is 0.111. The van der Waals surface area contributed by atoms with Crippen LogP contribution in [0.1, 0.15) is 10.8 Å². The summed E-state index contributed by atoms with van der Waals surface area (Å²) in [6.45, 7) is 0. The number of amides is 3. The smallest absolute Gasteiger partial charge is 0.321 e. The summed E-state index contributed by atoms with van der Waals surface area (Å²) >= 11 is 7.29. The van der Waals surface area contributed by atoms with Gasteiger partial charge in [0.15, 0.2) is 5.82 Å². The van der Waals surface area contributed by atoms with E-state index < -0.39 is 17.2 Å². The molecule has 0 aliphatic rings. The first-order valence-corrected chi connectivity index (χ1v) is 9.46. The Hall–Kier alpha value is -3.04. The quantitative estimate of drug-likeness (QED) is 0.435. The number of carbonyl (C=O) groups is 2. The highest BCUT2D eigenvalue weighted by Crippen LogP contribution is 2.36. The number of hydrogen-bond donors (Lipinski definition) is 3. The Morgan fingerprint density at radius 2 is 1.79 bits per heavy atom. The number of imide groups is 1. The summed E-state index contributed by atoms with van der Waals surface area (Å²) in [6.07, 6.45) is 0. The van der Waals surface area contributed by atoms with Crippen LogP contribution in [0.15, 0.2) is 59.8 Å². The molecule has 10 heteroatoms. The van der Waals surface area contributed by atoms with E-state index in [9.17, 15) is 9.59 Å². The highest BCUT2D eigenvalue weighted by atomic mass is 35.5. The highest BCUT2D eigenvalue weighted by Gasteiger charge is 2.27. The van der Waals surface area contributed by atoms with Gasteiger partial charge in [-0.05, 0) is 17.7 Å². The zero-order valence-electron chi connectivity index (χ0n) is 14.8. The minimum Gasteiger partial charge on any atom is -0.341 e. The van der Waals surface area contributed by atoms with Gasteiger partial charge in [-0.1, -0.05) is 65.8 Å². The van der Waals surface area contributed by atoms with Crippen LogP contribution in [0.2, 0.25) is 5.02 Å². The standard InChI is InChI=1S/C18H17ClN6O2S/c1-21-17(27)22-16(26)14(11-7-3-2-4-8-11)28-18-24-23-15(25(18)20)12-9-5-6-10-13(12)19/h2-10,14H,20H2,1H3,(H2,21,22,26,27)/t14-/m1/s1. The molecule has 1 aromatic heterocycles. The van der Waals surface area contributed by atoms with Gasteiger partial charge >= 0.3 is 6.03 Å². The molecule has 0 bridgehead atoms. The van der Waals surface area contributed by atoms with Crippen LogP contribution in [-0.4, -0.2) is 33.9 Å². The number of aromatic nitrogens is 3. The van der Waals surface area contributed by atoms with Crippen molar-refractivity contribution in [3.63, 3.8) is 0 Å². The zero-order valence-corrected chi connectivity index (χ0v) is 16.4. The van der Waals surface area contributed by atoms with Gasteiger partial charge in [0, 0.05) is 12.6 Å². The first kappa shape index (κ1) is 19.7. The van der Waals surface area contributed by atoms with Crippen molar-refractivity contribution in [2.75, 3.05) is 12.9 Å². The fourth-order valence-corrected chi connectivity index (χ4v) is 3.61. The fourth-order valence-electron chi connectivity index (χ4n) is 2.43. The van der Waals surface area contributed by atoms with Crippen LogP contribution < -0.4 is 16.5 Å². The van der Waals surface area contributed by atoms with Crippen molar-refractivity contribution < 1.29 is 9.59 Å². The Kier molecular flexibility index (Phi) is 6.17. The van der Waals surface area contributed by atoms with Crippen LogP contribution in [0.4, 0.5) is 4.79 Å². The van der Waals surface area contributed by atoms with Gasteiger partial charge in [-0.3, -0.25) is 10.1 Å². The van der Waals surface area contributed by atoms with Gasteiger partial charge in [-0.15, -0.1) is 10.2 Å². The van der Waals surface area contributed by atoms with E-state index in [1.165, 1.54) is 11.7 Å². The molecule has 0 unspecified atom stereocenters. The number of urea groups is 1. The second-order valence-electron chi connectivity index (χ2n) is 5.63. The van der Waals surface area contributed by atoms with E-state index in [2.05, 4.69) is 20.8 Å². The first-order chi connectivity index (χ1) is 13.5. The number of hydrogen-bond acceptors (Lipinski definition) is 6. The summed E-state index contributed by atoms with van der Waals surface area (Å²) < 4.78 is 1.27. The summed E-state index contributed by atoms with van der Waals surface area (Å²) in [5.74, 6) is 6.02. The first-order valence-electron chi connectivity index (χ1n) is 8.21. The summed E-state index contributed by atoms with van der Waals surface area (Å²) in [7, 11) is 1.43. The number of nitrogens with one attached hydrogen (secondary N) is 2. The molecule has 0 aliphatic heterocycles. The van der Waals surface area contributed by atoms with Crippen molar-refractivity contribution in [2.45, 2.75) is 10.4 Å². The lowest BCUT2D eigenvalue weighted by Gasteiger charge is -2.15. The maximum atomic E-state index is 12.6. The number of halogens is 1. The van der Waals surface area contributed by atoms with Gasteiger partial charge in [-0.2, -0.15) is 0 Å². The summed E-state index contributed by atoms with van der Waals surface area (Å²) in [4.78, 5) is 24.2. The van der Waals surface area contributed by atoms with Crippen LogP contribution in [0, 0.1) is 0 Å². The van der Waals surface area contributed by atoms with Gasteiger partial charge in [0.2, 0.25) is 11.1 Å². The molecular formula is C18H17ClN6O2S. The lowest BCUT2D eigenvalue weighted by atomic mass is 10.1. The van der Waals surface area contributed by atoms with E-state index in [-0.39, 0.29) is 0 Å². The van der Waals surface area contributed by atoms with Gasteiger partial charge in [-0.25, -0.2) is 9.47 Å². The molecule has 0 saturated carbocycles. The average molecular weight is 417 g/mol. The molecule has 0 radical (unpaired) electrons. The summed E-state index contributed by atoms with van der Waals surface area (Å²) in [6, 6.07) is 15.5. The van der Waals surface area contributed by atoms with E-state index in [0.29, 0.717) is 27.1 Å². The van der Waals surface area contributed by atoms with Crippen molar-refractivity contribution in [3.05, 3.63) is 65.2 Å². The van der Waals surface area contributed by atoms with Crippen LogP contribution >= 0.6 is 23.4 Å². The molecule has 0 aliphatic carbocycles. The Morgan fingerprint density at radius 3 is 2.46 bits per heavy atom. The molecule has 4 N–H and O–H groups in total. The van der Waals surface area contributed by atoms with Crippen molar-refractivity contribution in [2.24, 2.45) is 0 Å². The number of nitrogen functional groups attached to an aromatic ring is 1. The number of carbonyl (C=O) groups excluding carboxylic acids is 2. The average Bonchev–Trinajstić information content (AvgIpc) is 3.07. The second kappa shape index (κ2) is 8.77. The van der Waals surface area contributed by atoms with E-state index in [1.807, 2.05) is 12.1 Å². The minimum atomic E-state index is -0.760. The van der Waals surface area contributed by atoms with Crippen molar-refractivity contribution in [1.29, 1.82) is 0 Å². The minimum absolute atomic E-state index is 0.302. The molecule has 2 aromatic carbocycles. The van der Waals surface area contributed by atoms with Crippen molar-refractivity contribution >= 4 is 35.3 Å². The van der Waals surface area contributed by atoms with Crippen LogP contribution in [0.25, 0.3) is 11.4 Å². The maximum Gasteiger partial charge on any atom is 0.321 e. The van der Waals surface area contributed by atoms with Crippen molar-refractivity contribution in [1.82, 2.24) is 25.5 Å². The third kappa shape index (κ3) is 4.26. The van der Waals surface area contributed by atoms with Crippen LogP contribution in [0.5, 0.6) is 0 Å². The molecule has 144 valence electrons. The Balaban J connectivity index is 1.92.